The lowest BCUT2D eigenvalue weighted by Crippen LogP contribution is -2.39. The van der Waals surface area contributed by atoms with Crippen LogP contribution in [0.1, 0.15) is 28.9 Å². The minimum absolute atomic E-state index is 0.125. The molecule has 1 unspecified atom stereocenters. The first kappa shape index (κ1) is 18.2. The molecule has 0 spiro atoms. The Morgan fingerprint density at radius 3 is 2.57 bits per heavy atom. The summed E-state index contributed by atoms with van der Waals surface area (Å²) in [5.41, 5.74) is 0.823. The Morgan fingerprint density at radius 1 is 1.07 bits per heavy atom. The summed E-state index contributed by atoms with van der Waals surface area (Å²) in [5.74, 6) is -0.159. The first-order chi connectivity index (χ1) is 13.5. The highest BCUT2D eigenvalue weighted by molar-refractivity contribution is 5.94. The SMILES string of the molecule is Cn1c(=O)c2ccc(C(=O)N3CCCC3Cc3ccccc3)nc2n(C)c1=O. The Kier molecular flexibility index (Phi) is 4.58. The average Bonchev–Trinajstić information content (AvgIpc) is 3.18. The fraction of sp³-hybridized carbons (Fsp3) is 0.333. The Balaban J connectivity index is 1.68. The number of nitrogens with zero attached hydrogens (tertiary/aromatic N) is 4. The number of carbonyl (C=O) groups is 1. The lowest BCUT2D eigenvalue weighted by Gasteiger charge is -2.24. The molecule has 3 aromatic rings. The maximum absolute atomic E-state index is 13.1. The summed E-state index contributed by atoms with van der Waals surface area (Å²) in [5, 5.41) is 0.323. The van der Waals surface area contributed by atoms with Gasteiger partial charge in [0.05, 0.1) is 5.39 Å². The van der Waals surface area contributed by atoms with Gasteiger partial charge < -0.3 is 4.90 Å². The van der Waals surface area contributed by atoms with Crippen LogP contribution in [0.2, 0.25) is 0 Å². The Labute approximate surface area is 161 Å². The third-order valence-corrected chi connectivity index (χ3v) is 5.47. The second-order valence-corrected chi connectivity index (χ2v) is 7.26. The largest absolute Gasteiger partial charge is 0.334 e. The monoisotopic (exact) mass is 378 g/mol. The Morgan fingerprint density at radius 2 is 1.82 bits per heavy atom. The molecular formula is C21H22N4O3. The standard InChI is InChI=1S/C21H22N4O3/c1-23-18-16(19(26)24(2)21(23)28)10-11-17(22-18)20(27)25-12-6-9-15(25)13-14-7-4-3-5-8-14/h3-5,7-8,10-11,15H,6,9,12-13H2,1-2H3. The van der Waals surface area contributed by atoms with Gasteiger partial charge in [-0.2, -0.15) is 0 Å². The highest BCUT2D eigenvalue weighted by Gasteiger charge is 2.30. The molecule has 1 atom stereocenters. The van der Waals surface area contributed by atoms with Crippen LogP contribution < -0.4 is 11.2 Å². The van der Waals surface area contributed by atoms with Crippen molar-refractivity contribution < 1.29 is 4.79 Å². The molecule has 0 bridgehead atoms. The number of rotatable bonds is 3. The molecule has 0 saturated carbocycles. The van der Waals surface area contributed by atoms with Gasteiger partial charge in [0.25, 0.3) is 11.5 Å². The minimum Gasteiger partial charge on any atom is -0.334 e. The van der Waals surface area contributed by atoms with Crippen LogP contribution in [0.3, 0.4) is 0 Å². The highest BCUT2D eigenvalue weighted by Crippen LogP contribution is 2.23. The van der Waals surface area contributed by atoms with E-state index in [2.05, 4.69) is 17.1 Å². The van der Waals surface area contributed by atoms with E-state index in [9.17, 15) is 14.4 Å². The number of hydrogen-bond donors (Lipinski definition) is 0. The Bertz CT molecular complexity index is 1160. The zero-order valence-corrected chi connectivity index (χ0v) is 16.0. The van der Waals surface area contributed by atoms with Gasteiger partial charge in [0.2, 0.25) is 0 Å². The molecule has 1 fully saturated rings. The van der Waals surface area contributed by atoms with E-state index in [1.807, 2.05) is 23.1 Å². The first-order valence-electron chi connectivity index (χ1n) is 9.39. The molecule has 3 heterocycles. The van der Waals surface area contributed by atoms with Gasteiger partial charge in [0, 0.05) is 26.7 Å². The van der Waals surface area contributed by atoms with Gasteiger partial charge in [-0.15, -0.1) is 0 Å². The normalized spacial score (nSPS) is 16.6. The molecule has 4 rings (SSSR count). The van der Waals surface area contributed by atoms with E-state index in [0.717, 1.165) is 23.8 Å². The Hall–Kier alpha value is -3.22. The zero-order chi connectivity index (χ0) is 19.8. The van der Waals surface area contributed by atoms with E-state index >= 15 is 0 Å². The number of pyridine rings is 1. The third kappa shape index (κ3) is 3.02. The summed E-state index contributed by atoms with van der Waals surface area (Å²) in [7, 11) is 2.99. The van der Waals surface area contributed by atoms with E-state index in [-0.39, 0.29) is 23.3 Å². The van der Waals surface area contributed by atoms with Gasteiger partial charge in [0.1, 0.15) is 11.3 Å². The molecule has 2 aromatic heterocycles. The topological polar surface area (TPSA) is 77.2 Å². The number of aromatic nitrogens is 3. The van der Waals surface area contributed by atoms with Gasteiger partial charge in [-0.05, 0) is 37.0 Å². The molecule has 0 radical (unpaired) electrons. The van der Waals surface area contributed by atoms with Crippen LogP contribution >= 0.6 is 0 Å². The lowest BCUT2D eigenvalue weighted by atomic mass is 10.0. The number of likely N-dealkylation sites (tertiary alicyclic amines) is 1. The number of amides is 1. The summed E-state index contributed by atoms with van der Waals surface area (Å²) in [6.45, 7) is 0.686. The van der Waals surface area contributed by atoms with Crippen molar-refractivity contribution in [2.45, 2.75) is 25.3 Å². The van der Waals surface area contributed by atoms with Crippen LogP contribution in [-0.4, -0.2) is 37.5 Å². The summed E-state index contributed by atoms with van der Waals surface area (Å²) < 4.78 is 2.35. The number of carbonyl (C=O) groups excluding carboxylic acids is 1. The van der Waals surface area contributed by atoms with E-state index < -0.39 is 11.2 Å². The molecule has 0 aliphatic carbocycles. The van der Waals surface area contributed by atoms with Gasteiger partial charge in [-0.1, -0.05) is 30.3 Å². The molecule has 7 nitrogen and oxygen atoms in total. The number of aryl methyl sites for hydroxylation is 1. The zero-order valence-electron chi connectivity index (χ0n) is 16.0. The molecule has 1 aliphatic heterocycles. The molecule has 1 saturated heterocycles. The van der Waals surface area contributed by atoms with E-state index in [4.69, 9.17) is 0 Å². The van der Waals surface area contributed by atoms with Gasteiger partial charge >= 0.3 is 5.69 Å². The van der Waals surface area contributed by atoms with Crippen molar-refractivity contribution in [3.05, 3.63) is 74.6 Å². The molecule has 1 aromatic carbocycles. The van der Waals surface area contributed by atoms with Crippen molar-refractivity contribution in [2.75, 3.05) is 6.54 Å². The molecule has 0 N–H and O–H groups in total. The van der Waals surface area contributed by atoms with Crippen molar-refractivity contribution in [1.82, 2.24) is 19.0 Å². The minimum atomic E-state index is -0.460. The smallest absolute Gasteiger partial charge is 0.332 e. The average molecular weight is 378 g/mol. The number of benzene rings is 1. The van der Waals surface area contributed by atoms with E-state index in [1.165, 1.54) is 17.2 Å². The van der Waals surface area contributed by atoms with Crippen LogP contribution in [0.15, 0.2) is 52.1 Å². The van der Waals surface area contributed by atoms with E-state index in [0.29, 0.717) is 11.9 Å². The third-order valence-electron chi connectivity index (χ3n) is 5.47. The molecule has 28 heavy (non-hydrogen) atoms. The number of fused-ring (bicyclic) bond motifs is 1. The van der Waals surface area contributed by atoms with E-state index in [1.54, 1.807) is 19.2 Å². The van der Waals surface area contributed by atoms with Gasteiger partial charge in [-0.25, -0.2) is 9.78 Å². The van der Waals surface area contributed by atoms with Crippen LogP contribution in [0.5, 0.6) is 0 Å². The van der Waals surface area contributed by atoms with Crippen molar-refractivity contribution in [1.29, 1.82) is 0 Å². The van der Waals surface area contributed by atoms with Crippen LogP contribution in [0.25, 0.3) is 11.0 Å². The highest BCUT2D eigenvalue weighted by atomic mass is 16.2. The maximum Gasteiger partial charge on any atom is 0.332 e. The maximum atomic E-state index is 13.1. The second kappa shape index (κ2) is 7.07. The van der Waals surface area contributed by atoms with Crippen molar-refractivity contribution in [3.63, 3.8) is 0 Å². The predicted octanol–water partition coefficient (Wildman–Crippen LogP) is 1.48. The van der Waals surface area contributed by atoms with Crippen molar-refractivity contribution >= 4 is 16.9 Å². The molecule has 144 valence electrons. The quantitative estimate of drug-likeness (QED) is 0.692. The predicted molar refractivity (Wildman–Crippen MR) is 106 cm³/mol. The van der Waals surface area contributed by atoms with Crippen LogP contribution in [-0.2, 0) is 20.5 Å². The molecule has 1 amide bonds. The first-order valence-corrected chi connectivity index (χ1v) is 9.39. The lowest BCUT2D eigenvalue weighted by molar-refractivity contribution is 0.0731. The van der Waals surface area contributed by atoms with Crippen LogP contribution in [0.4, 0.5) is 0 Å². The summed E-state index contributed by atoms with van der Waals surface area (Å²) in [6.07, 6.45) is 2.71. The second-order valence-electron chi connectivity index (χ2n) is 7.26. The molecule has 1 aliphatic rings. The van der Waals surface area contributed by atoms with Crippen molar-refractivity contribution in [3.8, 4) is 0 Å². The fourth-order valence-corrected chi connectivity index (χ4v) is 3.92. The summed E-state index contributed by atoms with van der Waals surface area (Å²) in [4.78, 5) is 43.9. The summed E-state index contributed by atoms with van der Waals surface area (Å²) >= 11 is 0. The fourth-order valence-electron chi connectivity index (χ4n) is 3.92. The molecular weight excluding hydrogens is 356 g/mol. The van der Waals surface area contributed by atoms with Gasteiger partial charge in [-0.3, -0.25) is 18.7 Å². The molecule has 7 heteroatoms. The van der Waals surface area contributed by atoms with Gasteiger partial charge in [0.15, 0.2) is 0 Å². The van der Waals surface area contributed by atoms with Crippen molar-refractivity contribution in [2.24, 2.45) is 14.1 Å². The van der Waals surface area contributed by atoms with Crippen LogP contribution in [0, 0.1) is 0 Å². The summed E-state index contributed by atoms with van der Waals surface area (Å²) in [6, 6.07) is 13.4. The number of hydrogen-bond acceptors (Lipinski definition) is 4.